The van der Waals surface area contributed by atoms with Crippen LogP contribution in [0.2, 0.25) is 0 Å². The molecule has 0 saturated heterocycles. The van der Waals surface area contributed by atoms with Gasteiger partial charge in [0.2, 0.25) is 0 Å². The zero-order valence-corrected chi connectivity index (χ0v) is 40.9. The molecule has 0 aliphatic carbocycles. The minimum absolute atomic E-state index is 0. The number of aromatic nitrogens is 4. The minimum atomic E-state index is -0.0628. The van der Waals surface area contributed by atoms with Crippen molar-refractivity contribution in [1.29, 1.82) is 0 Å². The Hall–Kier alpha value is -8.11. The Labute approximate surface area is 422 Å². The normalized spacial score (nSPS) is 11.5. The van der Waals surface area contributed by atoms with Gasteiger partial charge in [-0.1, -0.05) is 189 Å². The maximum atomic E-state index is 6.73. The van der Waals surface area contributed by atoms with Crippen LogP contribution in [0.1, 0.15) is 25.0 Å². The van der Waals surface area contributed by atoms with Gasteiger partial charge < -0.3 is 13.9 Å². The van der Waals surface area contributed by atoms with E-state index in [2.05, 4.69) is 252 Å². The Balaban J connectivity index is 0.00000533. The van der Waals surface area contributed by atoms with Crippen molar-refractivity contribution in [3.63, 3.8) is 0 Å². The molecule has 12 rings (SSSR count). The number of rotatable bonds is 11. The molecule has 6 heteroatoms. The molecule has 0 N–H and O–H groups in total. The molecule has 0 aliphatic rings. The topological polar surface area (TPSA) is 35.9 Å². The van der Waals surface area contributed by atoms with Gasteiger partial charge in [0.1, 0.15) is 5.82 Å². The molecular weight excluding hydrogens is 1040 g/mol. The van der Waals surface area contributed by atoms with E-state index in [4.69, 9.17) is 9.72 Å². The van der Waals surface area contributed by atoms with Gasteiger partial charge in [-0.2, -0.15) is 18.2 Å². The molecule has 0 amide bonds. The maximum absolute atomic E-state index is 6.73. The predicted molar refractivity (Wildman–Crippen MR) is 279 cm³/mol. The van der Waals surface area contributed by atoms with Crippen molar-refractivity contribution in [2.24, 2.45) is 0 Å². The molecular formula is C64H46N4OPt-2. The average molecular weight is 1080 g/mol. The molecule has 0 spiro atoms. The fourth-order valence-electron chi connectivity index (χ4n) is 9.86. The average Bonchev–Trinajstić information content (AvgIpc) is 3.95. The van der Waals surface area contributed by atoms with Crippen LogP contribution in [0.3, 0.4) is 0 Å². The van der Waals surface area contributed by atoms with Crippen molar-refractivity contribution in [2.75, 3.05) is 0 Å². The van der Waals surface area contributed by atoms with E-state index in [1.807, 2.05) is 24.4 Å². The van der Waals surface area contributed by atoms with Gasteiger partial charge in [-0.05, 0) is 91.7 Å². The van der Waals surface area contributed by atoms with E-state index < -0.39 is 0 Å². The summed E-state index contributed by atoms with van der Waals surface area (Å²) in [4.78, 5) is 4.95. The van der Waals surface area contributed by atoms with Gasteiger partial charge in [0.05, 0.1) is 16.7 Å². The molecule has 0 atom stereocenters. The zero-order chi connectivity index (χ0) is 46.3. The van der Waals surface area contributed by atoms with Crippen molar-refractivity contribution in [1.82, 2.24) is 14.1 Å². The summed E-state index contributed by atoms with van der Waals surface area (Å²) >= 11 is 0. The molecule has 0 saturated carbocycles. The van der Waals surface area contributed by atoms with E-state index in [1.54, 1.807) is 0 Å². The zero-order valence-electron chi connectivity index (χ0n) is 38.7. The van der Waals surface area contributed by atoms with Gasteiger partial charge in [0.25, 0.3) is 6.33 Å². The van der Waals surface area contributed by atoms with Crippen molar-refractivity contribution in [2.45, 2.75) is 25.7 Å². The van der Waals surface area contributed by atoms with Crippen molar-refractivity contribution in [3.8, 4) is 62.1 Å². The second-order valence-electron chi connectivity index (χ2n) is 18.2. The van der Waals surface area contributed by atoms with Gasteiger partial charge in [0.15, 0.2) is 0 Å². The van der Waals surface area contributed by atoms with Gasteiger partial charge in [-0.25, -0.2) is 4.98 Å². The monoisotopic (exact) mass is 1080 g/mol. The van der Waals surface area contributed by atoms with Crippen molar-refractivity contribution >= 4 is 32.8 Å². The second kappa shape index (κ2) is 18.8. The molecule has 9 aromatic carbocycles. The molecule has 0 unspecified atom stereocenters. The van der Waals surface area contributed by atoms with Crippen LogP contribution in [0.15, 0.2) is 231 Å². The largest absolute Gasteiger partial charge is 0.510 e. The summed E-state index contributed by atoms with van der Waals surface area (Å²) < 4.78 is 13.3. The molecule has 12 aromatic rings. The number of para-hydroxylation sites is 2. The van der Waals surface area contributed by atoms with Gasteiger partial charge in [-0.15, -0.1) is 29.7 Å². The summed E-state index contributed by atoms with van der Waals surface area (Å²) in [6, 6.07) is 85.9. The second-order valence-corrected chi connectivity index (χ2v) is 18.2. The van der Waals surface area contributed by atoms with Crippen LogP contribution in [0.4, 0.5) is 0 Å². The van der Waals surface area contributed by atoms with Crippen LogP contribution in [0.5, 0.6) is 11.5 Å². The summed E-state index contributed by atoms with van der Waals surface area (Å²) in [7, 11) is 0. The molecule has 3 heterocycles. The number of benzene rings is 9. The van der Waals surface area contributed by atoms with E-state index in [9.17, 15) is 0 Å². The Morgan fingerprint density at radius 1 is 0.529 bits per heavy atom. The van der Waals surface area contributed by atoms with Crippen molar-refractivity contribution in [3.05, 3.63) is 260 Å². The van der Waals surface area contributed by atoms with E-state index in [0.717, 1.165) is 89.8 Å². The first-order chi connectivity index (χ1) is 33.9. The molecule has 5 nitrogen and oxygen atoms in total. The molecule has 70 heavy (non-hydrogen) atoms. The Morgan fingerprint density at radius 3 is 1.87 bits per heavy atom. The van der Waals surface area contributed by atoms with E-state index in [1.165, 1.54) is 11.1 Å². The summed E-state index contributed by atoms with van der Waals surface area (Å²) in [6.45, 7) is 4.60. The summed E-state index contributed by atoms with van der Waals surface area (Å²) in [6.07, 6.45) is 6.62. The Bertz CT molecular complexity index is 3750. The summed E-state index contributed by atoms with van der Waals surface area (Å²) in [5, 5.41) is 2.20. The SMILES string of the molecule is CC(C)(Cc1ccnc(-n2c3[c-]c(Oc4[c-]c(-n5[c-][n+](-c6c(-c7ccccc7)cccc6-c6ccccc6)c6cc(-c7ccccc7)ccc65)ccc4)ccc3c3ccccc32)c1)c1ccccc1.[Pt]. The summed E-state index contributed by atoms with van der Waals surface area (Å²) in [5.41, 5.74) is 14.9. The third-order valence-electron chi connectivity index (χ3n) is 13.2. The van der Waals surface area contributed by atoms with E-state index in [0.29, 0.717) is 11.5 Å². The number of ether oxygens (including phenoxy) is 1. The maximum Gasteiger partial charge on any atom is 0.268 e. The van der Waals surface area contributed by atoms with Gasteiger partial charge >= 0.3 is 0 Å². The van der Waals surface area contributed by atoms with Crippen LogP contribution in [-0.2, 0) is 32.9 Å². The molecule has 0 bridgehead atoms. The fraction of sp³-hybridized carbons (Fsp3) is 0.0625. The first-order valence-corrected chi connectivity index (χ1v) is 23.4. The van der Waals surface area contributed by atoms with Crippen LogP contribution >= 0.6 is 0 Å². The van der Waals surface area contributed by atoms with E-state index in [-0.39, 0.29) is 26.5 Å². The van der Waals surface area contributed by atoms with Crippen LogP contribution in [0.25, 0.3) is 83.4 Å². The molecule has 0 fully saturated rings. The third-order valence-corrected chi connectivity index (χ3v) is 13.2. The number of hydrogen-bond acceptors (Lipinski definition) is 2. The van der Waals surface area contributed by atoms with Crippen LogP contribution < -0.4 is 9.30 Å². The number of imidazole rings is 1. The van der Waals surface area contributed by atoms with Gasteiger partial charge in [0, 0.05) is 44.3 Å². The minimum Gasteiger partial charge on any atom is -0.510 e. The summed E-state index contributed by atoms with van der Waals surface area (Å²) in [5.74, 6) is 1.98. The standard InChI is InChI=1S/C64H46N4O.Pt/c1-64(2,50-25-13-6-14-26-50)43-45-37-38-65-62(39-45)68-58-32-16-15-29-56(58)57-35-34-53(42-60(57)68)69-52-28-17-27-51(41-52)66-44-67(61-40-49(33-36-59(61)66)46-19-7-3-8-20-46)63-54(47-21-9-4-10-22-47)30-18-31-55(63)48-23-11-5-12-24-48;/h3-40H,43H2,1-2H3;/q-2;. The Kier molecular flexibility index (Phi) is 11.9. The first-order valence-electron chi connectivity index (χ1n) is 23.4. The molecule has 0 aliphatic heterocycles. The number of hydrogen-bond donors (Lipinski definition) is 0. The third kappa shape index (κ3) is 8.33. The molecule has 3 aromatic heterocycles. The van der Waals surface area contributed by atoms with Crippen LogP contribution in [0, 0.1) is 18.5 Å². The first kappa shape index (κ1) is 44.4. The number of fused-ring (bicyclic) bond motifs is 4. The molecule has 0 radical (unpaired) electrons. The number of nitrogens with zero attached hydrogens (tertiary/aromatic N) is 4. The van der Waals surface area contributed by atoms with E-state index >= 15 is 0 Å². The predicted octanol–water partition coefficient (Wildman–Crippen LogP) is 15.1. The quantitative estimate of drug-likeness (QED) is 0.0956. The number of pyridine rings is 1. The molecule has 340 valence electrons. The van der Waals surface area contributed by atoms with Crippen molar-refractivity contribution < 1.29 is 30.4 Å². The fourth-order valence-corrected chi connectivity index (χ4v) is 9.86. The van der Waals surface area contributed by atoms with Gasteiger partial charge in [-0.3, -0.25) is 4.57 Å². The van der Waals surface area contributed by atoms with Crippen LogP contribution in [-0.4, -0.2) is 14.1 Å². The Morgan fingerprint density at radius 2 is 1.16 bits per heavy atom. The smallest absolute Gasteiger partial charge is 0.268 e.